The van der Waals surface area contributed by atoms with Crippen LogP contribution in [0.25, 0.3) is 0 Å². The minimum absolute atomic E-state index is 0.121. The molecular weight excluding hydrogens is 496 g/mol. The molecule has 34 heavy (non-hydrogen) atoms. The van der Waals surface area contributed by atoms with Gasteiger partial charge in [0.25, 0.3) is 0 Å². The Morgan fingerprint density at radius 2 is 1.47 bits per heavy atom. The van der Waals surface area contributed by atoms with Crippen LogP contribution in [0, 0.1) is 5.82 Å². The monoisotopic (exact) mass is 509 g/mol. The Kier molecular flexibility index (Phi) is 7.72. The Bertz CT molecular complexity index is 1000. The van der Waals surface area contributed by atoms with Gasteiger partial charge < -0.3 is 9.47 Å². The maximum Gasteiger partial charge on any atom is 0.422 e. The van der Waals surface area contributed by atoms with Crippen molar-refractivity contribution in [3.05, 3.63) is 41.7 Å². The quantitative estimate of drug-likeness (QED) is 0.501. The van der Waals surface area contributed by atoms with E-state index in [9.17, 15) is 48.7 Å². The lowest BCUT2D eigenvalue weighted by Gasteiger charge is -2.20. The van der Waals surface area contributed by atoms with Gasteiger partial charge in [-0.1, -0.05) is 0 Å². The third-order valence-electron chi connectivity index (χ3n) is 3.79. The number of alkyl halides is 9. The fraction of sp³-hybridized carbons (Fsp3) is 0.333. The van der Waals surface area contributed by atoms with Gasteiger partial charge in [0.1, 0.15) is 0 Å². The van der Waals surface area contributed by atoms with Gasteiger partial charge in [-0.25, -0.2) is 4.79 Å². The molecular formula is C18H13F10N3O3. The average molecular weight is 509 g/mol. The molecule has 188 valence electrons. The smallest absolute Gasteiger partial charge is 0.422 e. The topological polar surface area (TPSA) is 63.7 Å². The van der Waals surface area contributed by atoms with Crippen molar-refractivity contribution in [1.82, 2.24) is 4.98 Å². The Hall–Kier alpha value is -3.46. The summed E-state index contributed by atoms with van der Waals surface area (Å²) in [4.78, 5) is 16.3. The minimum Gasteiger partial charge on any atom is -0.481 e. The van der Waals surface area contributed by atoms with Crippen molar-refractivity contribution in [2.45, 2.75) is 18.5 Å². The van der Waals surface area contributed by atoms with Crippen molar-refractivity contribution in [1.29, 1.82) is 0 Å². The van der Waals surface area contributed by atoms with Crippen LogP contribution in [0.1, 0.15) is 5.56 Å². The summed E-state index contributed by atoms with van der Waals surface area (Å²) in [5.41, 5.74) is -1.15. The van der Waals surface area contributed by atoms with Crippen molar-refractivity contribution >= 4 is 17.5 Å². The third-order valence-corrected chi connectivity index (χ3v) is 3.79. The largest absolute Gasteiger partial charge is 0.481 e. The van der Waals surface area contributed by atoms with Crippen LogP contribution in [-0.4, -0.2) is 43.6 Å². The van der Waals surface area contributed by atoms with Crippen LogP contribution in [-0.2, 0) is 6.18 Å². The van der Waals surface area contributed by atoms with E-state index in [0.717, 1.165) is 19.2 Å². The summed E-state index contributed by atoms with van der Waals surface area (Å²) in [5, 5.41) is 1.78. The predicted molar refractivity (Wildman–Crippen MR) is 96.2 cm³/mol. The van der Waals surface area contributed by atoms with E-state index in [0.29, 0.717) is 23.1 Å². The normalized spacial score (nSPS) is 12.3. The highest BCUT2D eigenvalue weighted by molar-refractivity contribution is 6.01. The number of amides is 2. The van der Waals surface area contributed by atoms with E-state index in [1.807, 2.05) is 0 Å². The lowest BCUT2D eigenvalue weighted by atomic mass is 10.2. The summed E-state index contributed by atoms with van der Waals surface area (Å²) >= 11 is 0. The van der Waals surface area contributed by atoms with E-state index < -0.39 is 66.6 Å². The molecule has 1 heterocycles. The van der Waals surface area contributed by atoms with Crippen molar-refractivity contribution < 1.29 is 58.2 Å². The first kappa shape index (κ1) is 26.8. The number of anilines is 2. The first-order chi connectivity index (χ1) is 15.5. The molecule has 2 rings (SSSR count). The number of rotatable bonds is 6. The Morgan fingerprint density at radius 1 is 0.941 bits per heavy atom. The fourth-order valence-corrected chi connectivity index (χ4v) is 2.24. The van der Waals surface area contributed by atoms with Crippen molar-refractivity contribution in [2.24, 2.45) is 0 Å². The third kappa shape index (κ3) is 7.84. The number of halogens is 10. The number of carbonyl (C=O) groups excluding carboxylic acids is 1. The lowest BCUT2D eigenvalue weighted by Crippen LogP contribution is -2.32. The summed E-state index contributed by atoms with van der Waals surface area (Å²) in [6.45, 7) is -3.96. The predicted octanol–water partition coefficient (Wildman–Crippen LogP) is 5.79. The van der Waals surface area contributed by atoms with E-state index in [1.54, 1.807) is 5.32 Å². The van der Waals surface area contributed by atoms with E-state index in [1.165, 1.54) is 0 Å². The van der Waals surface area contributed by atoms with Gasteiger partial charge in [-0.3, -0.25) is 10.2 Å². The van der Waals surface area contributed by atoms with Crippen LogP contribution in [0.5, 0.6) is 11.6 Å². The first-order valence-corrected chi connectivity index (χ1v) is 8.78. The number of aromatic nitrogens is 1. The Balaban J connectivity index is 2.29. The van der Waals surface area contributed by atoms with E-state index >= 15 is 0 Å². The molecule has 1 aromatic carbocycles. The van der Waals surface area contributed by atoms with Crippen LogP contribution >= 0.6 is 0 Å². The zero-order valence-corrected chi connectivity index (χ0v) is 16.7. The molecule has 2 amide bonds. The number of urea groups is 1. The SMILES string of the molecule is CN(C(=O)Nc1nc(OCC(F)(F)F)cc(OCC(F)(F)F)c1F)c1ccc(C(F)(F)F)cc1. The summed E-state index contributed by atoms with van der Waals surface area (Å²) in [7, 11) is 1.04. The molecule has 1 N–H and O–H groups in total. The van der Waals surface area contributed by atoms with Crippen LogP contribution in [0.15, 0.2) is 30.3 Å². The summed E-state index contributed by atoms with van der Waals surface area (Å²) in [6, 6.07) is 2.15. The minimum atomic E-state index is -4.94. The van der Waals surface area contributed by atoms with Gasteiger partial charge in [0.15, 0.2) is 24.8 Å². The highest BCUT2D eigenvalue weighted by Gasteiger charge is 2.32. The number of pyridine rings is 1. The second-order valence-electron chi connectivity index (χ2n) is 6.46. The summed E-state index contributed by atoms with van der Waals surface area (Å²) in [6.07, 6.45) is -14.5. The molecule has 16 heteroatoms. The highest BCUT2D eigenvalue weighted by Crippen LogP contribution is 2.32. The van der Waals surface area contributed by atoms with Crippen LogP contribution in [0.4, 0.5) is 60.2 Å². The van der Waals surface area contributed by atoms with Crippen molar-refractivity contribution in [3.63, 3.8) is 0 Å². The molecule has 0 bridgehead atoms. The molecule has 6 nitrogen and oxygen atoms in total. The van der Waals surface area contributed by atoms with E-state index in [4.69, 9.17) is 0 Å². The van der Waals surface area contributed by atoms with Gasteiger partial charge >= 0.3 is 24.6 Å². The molecule has 0 fully saturated rings. The van der Waals surface area contributed by atoms with E-state index in [2.05, 4.69) is 14.5 Å². The van der Waals surface area contributed by atoms with Gasteiger partial charge in [-0.05, 0) is 24.3 Å². The molecule has 0 radical (unpaired) electrons. The molecule has 1 aromatic heterocycles. The van der Waals surface area contributed by atoms with Gasteiger partial charge in [-0.2, -0.15) is 48.9 Å². The maximum atomic E-state index is 14.5. The average Bonchev–Trinajstić information content (AvgIpc) is 2.70. The number of benzene rings is 1. The molecule has 0 aliphatic heterocycles. The van der Waals surface area contributed by atoms with E-state index in [-0.39, 0.29) is 5.69 Å². The maximum absolute atomic E-state index is 14.5. The fourth-order valence-electron chi connectivity index (χ4n) is 2.24. The first-order valence-electron chi connectivity index (χ1n) is 8.78. The molecule has 0 aliphatic carbocycles. The number of ether oxygens (including phenoxy) is 2. The number of carbonyl (C=O) groups is 1. The lowest BCUT2D eigenvalue weighted by molar-refractivity contribution is -0.154. The number of hydrogen-bond acceptors (Lipinski definition) is 4. The highest BCUT2D eigenvalue weighted by atomic mass is 19.4. The summed E-state index contributed by atoms with van der Waals surface area (Å²) in [5.74, 6) is -5.07. The van der Waals surface area contributed by atoms with Crippen LogP contribution < -0.4 is 19.7 Å². The zero-order valence-electron chi connectivity index (χ0n) is 16.7. The molecule has 0 saturated heterocycles. The zero-order chi connectivity index (χ0) is 25.9. The second-order valence-corrected chi connectivity index (χ2v) is 6.46. The molecule has 0 saturated carbocycles. The van der Waals surface area contributed by atoms with Gasteiger partial charge in [0.2, 0.25) is 11.7 Å². The van der Waals surface area contributed by atoms with Crippen LogP contribution in [0.2, 0.25) is 0 Å². The van der Waals surface area contributed by atoms with Crippen molar-refractivity contribution in [2.75, 3.05) is 30.5 Å². The molecule has 0 spiro atoms. The molecule has 0 atom stereocenters. The standard InChI is InChI=1S/C18H13F10N3O3/c1-31(10-4-2-9(3-5-10)18(26,27)28)15(32)30-14-13(19)11(33-7-16(20,21)22)6-12(29-14)34-8-17(23,24)25/h2-6H,7-8H2,1H3,(H,29,30,32). The molecule has 0 unspecified atom stereocenters. The van der Waals surface area contributed by atoms with Crippen molar-refractivity contribution in [3.8, 4) is 11.6 Å². The van der Waals surface area contributed by atoms with Gasteiger partial charge in [0, 0.05) is 18.8 Å². The molecule has 2 aromatic rings. The number of nitrogens with zero attached hydrogens (tertiary/aromatic N) is 2. The van der Waals surface area contributed by atoms with Gasteiger partial charge in [0.05, 0.1) is 5.56 Å². The Labute approximate surface area is 184 Å². The number of hydrogen-bond donors (Lipinski definition) is 1. The van der Waals surface area contributed by atoms with Crippen LogP contribution in [0.3, 0.4) is 0 Å². The van der Waals surface area contributed by atoms with Gasteiger partial charge in [-0.15, -0.1) is 0 Å². The summed E-state index contributed by atoms with van der Waals surface area (Å²) < 4.78 is 135. The number of nitrogens with one attached hydrogen (secondary N) is 1. The Morgan fingerprint density at radius 3 is 1.97 bits per heavy atom. The second kappa shape index (κ2) is 9.80. The molecule has 0 aliphatic rings.